The zero-order valence-corrected chi connectivity index (χ0v) is 8.10. The average molecular weight is 146 g/mol. The van der Waals surface area contributed by atoms with Gasteiger partial charge in [-0.2, -0.15) is 6.42 Å². The minimum atomic E-state index is -0.188. The molecule has 0 atom stereocenters. The molecule has 48 valence electrons. The first-order valence-corrected chi connectivity index (χ1v) is 2.86. The minimum absolute atomic E-state index is 0. The molecule has 0 aliphatic rings. The Morgan fingerprint density at radius 2 is 1.70 bits per heavy atom. The van der Waals surface area contributed by atoms with Crippen LogP contribution >= 0.6 is 0 Å². The fourth-order valence-electron chi connectivity index (χ4n) is 0.651. The minimum Gasteiger partial charge on any atom is -0.339 e. The smallest absolute Gasteiger partial charge is 0.339 e. The average Bonchev–Trinajstić information content (AvgIpc) is 1.90. The van der Waals surface area contributed by atoms with Crippen LogP contribution in [0.2, 0.25) is 0 Å². The summed E-state index contributed by atoms with van der Waals surface area (Å²) in [6, 6.07) is 6.37. The fraction of sp³-hybridized carbons (Fsp3) is 0.125. The van der Waals surface area contributed by atoms with Crippen LogP contribution in [-0.2, 0) is 6.42 Å². The van der Waals surface area contributed by atoms with Crippen LogP contribution in [0.1, 0.15) is 5.56 Å². The molecule has 0 saturated heterocycles. The Morgan fingerprint density at radius 3 is 2.10 bits per heavy atom. The molecule has 0 unspecified atom stereocenters. The molecule has 1 rings (SSSR count). The molecular formula is C8H8FNa. The van der Waals surface area contributed by atoms with Crippen molar-refractivity contribution in [2.24, 2.45) is 0 Å². The molecular weight excluding hydrogens is 138 g/mol. The Bertz CT molecular complexity index is 181. The molecule has 0 radical (unpaired) electrons. The van der Waals surface area contributed by atoms with Gasteiger partial charge < -0.3 is 6.92 Å². The van der Waals surface area contributed by atoms with Crippen molar-refractivity contribution in [3.8, 4) is 0 Å². The molecule has 0 bridgehead atoms. The van der Waals surface area contributed by atoms with Gasteiger partial charge in [0.15, 0.2) is 0 Å². The van der Waals surface area contributed by atoms with Gasteiger partial charge in [-0.1, -0.05) is 17.7 Å². The Hall–Kier alpha value is 0.150. The van der Waals surface area contributed by atoms with Gasteiger partial charge in [-0.3, -0.25) is 0 Å². The third-order valence-electron chi connectivity index (χ3n) is 1.20. The van der Waals surface area contributed by atoms with Crippen LogP contribution in [0.5, 0.6) is 0 Å². The van der Waals surface area contributed by atoms with Crippen molar-refractivity contribution in [3.05, 3.63) is 42.6 Å². The maximum Gasteiger partial charge on any atom is 1.00 e. The van der Waals surface area contributed by atoms with Crippen molar-refractivity contribution in [2.75, 3.05) is 0 Å². The fourth-order valence-corrected chi connectivity index (χ4v) is 0.651. The summed E-state index contributed by atoms with van der Waals surface area (Å²) in [5.74, 6) is -0.188. The second-order valence-electron chi connectivity index (χ2n) is 1.88. The maximum absolute atomic E-state index is 12.2. The van der Waals surface area contributed by atoms with Gasteiger partial charge in [0, 0.05) is 0 Å². The van der Waals surface area contributed by atoms with Gasteiger partial charge in [0.05, 0.1) is 0 Å². The normalized spacial score (nSPS) is 8.60. The summed E-state index contributed by atoms with van der Waals surface area (Å²) in [5.41, 5.74) is 1.07. The zero-order chi connectivity index (χ0) is 6.69. The zero-order valence-electron chi connectivity index (χ0n) is 6.10. The van der Waals surface area contributed by atoms with Crippen molar-refractivity contribution in [3.63, 3.8) is 0 Å². The van der Waals surface area contributed by atoms with Gasteiger partial charge in [-0.15, -0.1) is 0 Å². The van der Waals surface area contributed by atoms with Crippen LogP contribution in [0.25, 0.3) is 0 Å². The molecule has 0 fully saturated rings. The SMILES string of the molecule is [CH2-]Cc1ccc(F)cc1.[Na+]. The van der Waals surface area contributed by atoms with E-state index in [9.17, 15) is 4.39 Å². The van der Waals surface area contributed by atoms with Gasteiger partial charge in [-0.25, -0.2) is 4.39 Å². The van der Waals surface area contributed by atoms with E-state index in [1.165, 1.54) is 12.1 Å². The summed E-state index contributed by atoms with van der Waals surface area (Å²) in [6.45, 7) is 3.66. The molecule has 0 heterocycles. The predicted octanol–water partition coefficient (Wildman–Crippen LogP) is -0.794. The molecule has 0 N–H and O–H groups in total. The molecule has 0 saturated carbocycles. The van der Waals surface area contributed by atoms with E-state index in [4.69, 9.17) is 0 Å². The van der Waals surface area contributed by atoms with E-state index < -0.39 is 0 Å². The van der Waals surface area contributed by atoms with Crippen LogP contribution in [-0.4, -0.2) is 0 Å². The van der Waals surface area contributed by atoms with Gasteiger partial charge in [0.25, 0.3) is 0 Å². The van der Waals surface area contributed by atoms with Gasteiger partial charge in [0.1, 0.15) is 5.82 Å². The maximum atomic E-state index is 12.2. The Labute approximate surface area is 82.7 Å². The number of halogens is 1. The van der Waals surface area contributed by atoms with E-state index >= 15 is 0 Å². The van der Waals surface area contributed by atoms with E-state index in [1.54, 1.807) is 12.1 Å². The standard InChI is InChI=1S/C8H8F.Na/c1-2-7-3-5-8(9)6-4-7;/h3-6H,1-2H2;/q-1;+1. The van der Waals surface area contributed by atoms with Crippen molar-refractivity contribution in [1.29, 1.82) is 0 Å². The molecule has 0 spiro atoms. The van der Waals surface area contributed by atoms with E-state index in [1.807, 2.05) is 0 Å². The Kier molecular flexibility index (Phi) is 4.96. The van der Waals surface area contributed by atoms with Gasteiger partial charge in [-0.05, 0) is 12.1 Å². The van der Waals surface area contributed by atoms with Gasteiger partial charge in [0.2, 0.25) is 0 Å². The number of hydrogen-bond acceptors (Lipinski definition) is 0. The van der Waals surface area contributed by atoms with Crippen molar-refractivity contribution < 1.29 is 33.9 Å². The van der Waals surface area contributed by atoms with Crippen molar-refractivity contribution in [2.45, 2.75) is 6.42 Å². The molecule has 0 amide bonds. The van der Waals surface area contributed by atoms with Gasteiger partial charge >= 0.3 is 29.6 Å². The summed E-state index contributed by atoms with van der Waals surface area (Å²) in [4.78, 5) is 0. The quantitative estimate of drug-likeness (QED) is 0.359. The van der Waals surface area contributed by atoms with Crippen LogP contribution in [0.15, 0.2) is 24.3 Å². The van der Waals surface area contributed by atoms with Crippen LogP contribution in [0.3, 0.4) is 0 Å². The second kappa shape index (κ2) is 4.89. The van der Waals surface area contributed by atoms with Crippen LogP contribution in [0.4, 0.5) is 4.39 Å². The molecule has 10 heavy (non-hydrogen) atoms. The molecule has 2 heteroatoms. The van der Waals surface area contributed by atoms with Crippen LogP contribution < -0.4 is 29.6 Å². The third kappa shape index (κ3) is 2.82. The topological polar surface area (TPSA) is 0 Å². The van der Waals surface area contributed by atoms with E-state index in [2.05, 4.69) is 6.92 Å². The monoisotopic (exact) mass is 146 g/mol. The Balaban J connectivity index is 0.000000810. The molecule has 1 aromatic rings. The largest absolute Gasteiger partial charge is 1.00 e. The Morgan fingerprint density at radius 1 is 1.20 bits per heavy atom. The first-order chi connectivity index (χ1) is 4.33. The molecule has 0 aliphatic heterocycles. The number of rotatable bonds is 1. The molecule has 0 aromatic heterocycles. The third-order valence-corrected chi connectivity index (χ3v) is 1.20. The number of hydrogen-bond donors (Lipinski definition) is 0. The summed E-state index contributed by atoms with van der Waals surface area (Å²) in [5, 5.41) is 0. The van der Waals surface area contributed by atoms with Crippen molar-refractivity contribution >= 4 is 0 Å². The number of benzene rings is 1. The first-order valence-electron chi connectivity index (χ1n) is 2.86. The summed E-state index contributed by atoms with van der Waals surface area (Å²) >= 11 is 0. The molecule has 0 nitrogen and oxygen atoms in total. The summed E-state index contributed by atoms with van der Waals surface area (Å²) in [7, 11) is 0. The van der Waals surface area contributed by atoms with E-state index in [0.717, 1.165) is 12.0 Å². The second-order valence-corrected chi connectivity index (χ2v) is 1.88. The van der Waals surface area contributed by atoms with E-state index in [0.29, 0.717) is 0 Å². The van der Waals surface area contributed by atoms with Crippen molar-refractivity contribution in [1.82, 2.24) is 0 Å². The summed E-state index contributed by atoms with van der Waals surface area (Å²) in [6.07, 6.45) is 0.722. The van der Waals surface area contributed by atoms with Crippen LogP contribution in [0, 0.1) is 12.7 Å². The van der Waals surface area contributed by atoms with E-state index in [-0.39, 0.29) is 35.4 Å². The molecule has 1 aromatic carbocycles. The molecule has 0 aliphatic carbocycles. The predicted molar refractivity (Wildman–Crippen MR) is 35.5 cm³/mol. The first kappa shape index (κ1) is 10.2. The summed E-state index contributed by atoms with van der Waals surface area (Å²) < 4.78 is 12.2.